The second kappa shape index (κ2) is 10.6. The van der Waals surface area contributed by atoms with Crippen molar-refractivity contribution in [1.29, 1.82) is 0 Å². The van der Waals surface area contributed by atoms with E-state index in [-0.39, 0.29) is 0 Å². The van der Waals surface area contributed by atoms with E-state index in [1.165, 1.54) is 11.1 Å². The maximum Gasteiger partial charge on any atom is 0.414 e. The number of aliphatic carboxylic acids is 2. The summed E-state index contributed by atoms with van der Waals surface area (Å²) < 4.78 is 27.7. The molecule has 0 spiro atoms. The number of nitrogens with zero attached hydrogens (tertiary/aromatic N) is 2. The Morgan fingerprint density at radius 3 is 2.06 bits per heavy atom. The number of carboxylic acids is 2. The van der Waals surface area contributed by atoms with Crippen molar-refractivity contribution in [2.24, 2.45) is 0 Å². The number of hydrogen-bond acceptors (Lipinski definition) is 5. The van der Waals surface area contributed by atoms with Gasteiger partial charge < -0.3 is 10.2 Å². The van der Waals surface area contributed by atoms with Gasteiger partial charge in [-0.15, -0.1) is 0 Å². The topological polar surface area (TPSA) is 115 Å². The minimum atomic E-state index is -3.45. The number of carboxylic acid groups (broad SMARTS) is 2. The molecule has 1 aliphatic heterocycles. The standard InChI is InChI=1S/C22H24N2O2S.C2H2O4/c1-18-5-4-6-19(15-18)17-23-11-13-24(14-12-23)27(25,26)22-10-9-20-7-2-3-8-21(20)16-22;3-1(4)2(5)6/h2-10,15-16H,11-14,17H2,1H3;(H,3,4)(H,5,6). The summed E-state index contributed by atoms with van der Waals surface area (Å²) in [5.41, 5.74) is 2.53. The van der Waals surface area contributed by atoms with Crippen LogP contribution in [-0.4, -0.2) is 66.0 Å². The van der Waals surface area contributed by atoms with E-state index < -0.39 is 22.0 Å². The van der Waals surface area contributed by atoms with E-state index >= 15 is 0 Å². The molecule has 0 aromatic heterocycles. The SMILES string of the molecule is Cc1cccc(CN2CCN(S(=O)(=O)c3ccc4ccccc4c3)CC2)c1.O=C(O)C(=O)O. The van der Waals surface area contributed by atoms with Crippen molar-refractivity contribution in [1.82, 2.24) is 9.21 Å². The highest BCUT2D eigenvalue weighted by atomic mass is 32.2. The molecule has 0 saturated carbocycles. The summed E-state index contributed by atoms with van der Waals surface area (Å²) in [6.45, 7) is 5.52. The average Bonchev–Trinajstić information content (AvgIpc) is 2.79. The van der Waals surface area contributed by atoms with E-state index in [0.29, 0.717) is 18.0 Å². The molecular formula is C24H26N2O6S. The third-order valence-corrected chi connectivity index (χ3v) is 7.26. The third kappa shape index (κ3) is 6.38. The largest absolute Gasteiger partial charge is 0.473 e. The fraction of sp³-hybridized carbons (Fsp3) is 0.250. The second-order valence-corrected chi connectivity index (χ2v) is 9.73. The van der Waals surface area contributed by atoms with E-state index in [1.54, 1.807) is 16.4 Å². The van der Waals surface area contributed by atoms with E-state index in [4.69, 9.17) is 19.8 Å². The summed E-state index contributed by atoms with van der Waals surface area (Å²) in [6.07, 6.45) is 0. The fourth-order valence-electron chi connectivity index (χ4n) is 3.67. The van der Waals surface area contributed by atoms with Gasteiger partial charge in [-0.05, 0) is 35.4 Å². The van der Waals surface area contributed by atoms with Crippen LogP contribution in [-0.2, 0) is 26.2 Å². The molecular weight excluding hydrogens is 444 g/mol. The van der Waals surface area contributed by atoms with Crippen LogP contribution in [0.1, 0.15) is 11.1 Å². The Kier molecular flexibility index (Phi) is 7.80. The molecule has 1 heterocycles. The fourth-order valence-corrected chi connectivity index (χ4v) is 5.13. The summed E-state index contributed by atoms with van der Waals surface area (Å²) in [7, 11) is -3.45. The number of rotatable bonds is 4. The van der Waals surface area contributed by atoms with Gasteiger partial charge in [0, 0.05) is 32.7 Å². The van der Waals surface area contributed by atoms with Crippen LogP contribution in [0.5, 0.6) is 0 Å². The third-order valence-electron chi connectivity index (χ3n) is 5.36. The number of sulfonamides is 1. The van der Waals surface area contributed by atoms with Crippen LogP contribution < -0.4 is 0 Å². The normalized spacial score (nSPS) is 14.9. The molecule has 174 valence electrons. The molecule has 3 aromatic carbocycles. The van der Waals surface area contributed by atoms with Gasteiger partial charge in [0.05, 0.1) is 4.90 Å². The van der Waals surface area contributed by atoms with Crippen molar-refractivity contribution >= 4 is 32.7 Å². The number of fused-ring (bicyclic) bond motifs is 1. The summed E-state index contributed by atoms with van der Waals surface area (Å²) >= 11 is 0. The van der Waals surface area contributed by atoms with Crippen molar-refractivity contribution in [3.8, 4) is 0 Å². The molecule has 8 nitrogen and oxygen atoms in total. The van der Waals surface area contributed by atoms with Gasteiger partial charge in [-0.2, -0.15) is 4.31 Å². The van der Waals surface area contributed by atoms with Crippen LogP contribution in [0.15, 0.2) is 71.6 Å². The lowest BCUT2D eigenvalue weighted by Gasteiger charge is -2.34. The number of carbonyl (C=O) groups is 2. The molecule has 4 rings (SSSR count). The average molecular weight is 471 g/mol. The first-order valence-electron chi connectivity index (χ1n) is 10.4. The van der Waals surface area contributed by atoms with Crippen LogP contribution in [0.25, 0.3) is 10.8 Å². The Morgan fingerprint density at radius 2 is 1.45 bits per heavy atom. The number of benzene rings is 3. The molecule has 0 bridgehead atoms. The van der Waals surface area contributed by atoms with Crippen molar-refractivity contribution in [2.75, 3.05) is 26.2 Å². The van der Waals surface area contributed by atoms with Crippen LogP contribution in [0.2, 0.25) is 0 Å². The molecule has 33 heavy (non-hydrogen) atoms. The minimum absolute atomic E-state index is 0.383. The van der Waals surface area contributed by atoms with Gasteiger partial charge in [0.25, 0.3) is 0 Å². The predicted octanol–water partition coefficient (Wildman–Crippen LogP) is 2.81. The second-order valence-electron chi connectivity index (χ2n) is 7.79. The monoisotopic (exact) mass is 470 g/mol. The Hall–Kier alpha value is -3.27. The lowest BCUT2D eigenvalue weighted by atomic mass is 10.1. The molecule has 0 atom stereocenters. The first kappa shape index (κ1) is 24.4. The van der Waals surface area contributed by atoms with E-state index in [9.17, 15) is 8.42 Å². The predicted molar refractivity (Wildman–Crippen MR) is 124 cm³/mol. The maximum absolute atomic E-state index is 13.0. The molecule has 0 unspecified atom stereocenters. The van der Waals surface area contributed by atoms with Crippen molar-refractivity contribution in [2.45, 2.75) is 18.4 Å². The Bertz CT molecular complexity index is 1240. The lowest BCUT2D eigenvalue weighted by molar-refractivity contribution is -0.159. The van der Waals surface area contributed by atoms with Crippen LogP contribution in [0, 0.1) is 6.92 Å². The molecule has 9 heteroatoms. The highest BCUT2D eigenvalue weighted by molar-refractivity contribution is 7.89. The van der Waals surface area contributed by atoms with Gasteiger partial charge in [0.15, 0.2) is 0 Å². The van der Waals surface area contributed by atoms with Gasteiger partial charge in [-0.1, -0.05) is 60.2 Å². The van der Waals surface area contributed by atoms with Crippen LogP contribution >= 0.6 is 0 Å². The van der Waals surface area contributed by atoms with Gasteiger partial charge in [0.2, 0.25) is 10.0 Å². The Balaban J connectivity index is 0.000000454. The van der Waals surface area contributed by atoms with Crippen LogP contribution in [0.3, 0.4) is 0 Å². The molecule has 2 N–H and O–H groups in total. The van der Waals surface area contributed by atoms with Crippen molar-refractivity contribution < 1.29 is 28.2 Å². The highest BCUT2D eigenvalue weighted by Gasteiger charge is 2.28. The zero-order chi connectivity index (χ0) is 24.0. The summed E-state index contributed by atoms with van der Waals surface area (Å²) in [6, 6.07) is 21.7. The summed E-state index contributed by atoms with van der Waals surface area (Å²) in [4.78, 5) is 20.9. The summed E-state index contributed by atoms with van der Waals surface area (Å²) in [5, 5.41) is 16.8. The Labute approximate surface area is 192 Å². The lowest BCUT2D eigenvalue weighted by Crippen LogP contribution is -2.48. The van der Waals surface area contributed by atoms with E-state index in [2.05, 4.69) is 36.1 Å². The molecule has 1 saturated heterocycles. The van der Waals surface area contributed by atoms with Gasteiger partial charge in [-0.25, -0.2) is 18.0 Å². The molecule has 1 aliphatic rings. The smallest absolute Gasteiger partial charge is 0.414 e. The molecule has 0 radical (unpaired) electrons. The highest BCUT2D eigenvalue weighted by Crippen LogP contribution is 2.23. The first-order chi connectivity index (χ1) is 15.7. The molecule has 3 aromatic rings. The zero-order valence-electron chi connectivity index (χ0n) is 18.2. The van der Waals surface area contributed by atoms with Crippen molar-refractivity contribution in [3.05, 3.63) is 77.9 Å². The van der Waals surface area contributed by atoms with E-state index in [0.717, 1.165) is 30.4 Å². The number of hydrogen-bond donors (Lipinski definition) is 2. The number of aryl methyl sites for hydroxylation is 1. The van der Waals surface area contributed by atoms with Gasteiger partial charge in [-0.3, -0.25) is 4.90 Å². The van der Waals surface area contributed by atoms with Crippen LogP contribution in [0.4, 0.5) is 0 Å². The van der Waals surface area contributed by atoms with Gasteiger partial charge >= 0.3 is 11.9 Å². The Morgan fingerprint density at radius 1 is 0.818 bits per heavy atom. The number of piperazine rings is 1. The van der Waals surface area contributed by atoms with Crippen molar-refractivity contribution in [3.63, 3.8) is 0 Å². The maximum atomic E-state index is 13.0. The first-order valence-corrected chi connectivity index (χ1v) is 11.8. The van der Waals surface area contributed by atoms with Gasteiger partial charge in [0.1, 0.15) is 0 Å². The molecule has 0 aliphatic carbocycles. The van der Waals surface area contributed by atoms with E-state index in [1.807, 2.05) is 30.3 Å². The molecule has 1 fully saturated rings. The quantitative estimate of drug-likeness (QED) is 0.564. The zero-order valence-corrected chi connectivity index (χ0v) is 19.0. The molecule has 0 amide bonds. The minimum Gasteiger partial charge on any atom is -0.473 e. The summed E-state index contributed by atoms with van der Waals surface area (Å²) in [5.74, 6) is -3.65.